The van der Waals surface area contributed by atoms with Crippen molar-refractivity contribution in [1.82, 2.24) is 14.8 Å². The topological polar surface area (TPSA) is 59.8 Å². The zero-order valence-corrected chi connectivity index (χ0v) is 18.8. The fraction of sp³-hybridized carbons (Fsp3) is 0.174. The van der Waals surface area contributed by atoms with Crippen molar-refractivity contribution in [3.8, 4) is 5.69 Å². The maximum Gasteiger partial charge on any atom is 0.234 e. The van der Waals surface area contributed by atoms with Crippen LogP contribution in [-0.4, -0.2) is 26.4 Å². The molecule has 8 heteroatoms. The molecule has 4 rings (SSSR count). The van der Waals surface area contributed by atoms with Gasteiger partial charge in [0.25, 0.3) is 0 Å². The molecule has 0 aliphatic carbocycles. The lowest BCUT2D eigenvalue weighted by Gasteiger charge is -2.11. The molecule has 1 N–H and O–H groups in total. The normalized spacial score (nSPS) is 10.9. The van der Waals surface area contributed by atoms with Crippen LogP contribution in [0, 0.1) is 19.7 Å². The van der Waals surface area contributed by atoms with Gasteiger partial charge in [0, 0.05) is 22.7 Å². The largest absolute Gasteiger partial charge is 0.325 e. The van der Waals surface area contributed by atoms with E-state index in [4.69, 9.17) is 0 Å². The third kappa shape index (κ3) is 5.21. The molecule has 2 aromatic carbocycles. The maximum absolute atomic E-state index is 13.7. The van der Waals surface area contributed by atoms with Crippen LogP contribution in [0.2, 0.25) is 0 Å². The first kappa shape index (κ1) is 21.3. The average Bonchev–Trinajstić information content (AvgIpc) is 3.40. The Morgan fingerprint density at radius 2 is 1.94 bits per heavy atom. The number of halogens is 1. The maximum atomic E-state index is 13.7. The smallest absolute Gasteiger partial charge is 0.234 e. The van der Waals surface area contributed by atoms with Gasteiger partial charge >= 0.3 is 0 Å². The molecule has 158 valence electrons. The van der Waals surface area contributed by atoms with Crippen LogP contribution in [-0.2, 0) is 11.2 Å². The van der Waals surface area contributed by atoms with E-state index in [0.717, 1.165) is 17.1 Å². The molecule has 0 saturated heterocycles. The highest BCUT2D eigenvalue weighted by Gasteiger charge is 2.17. The Bertz CT molecular complexity index is 1190. The highest BCUT2D eigenvalue weighted by Crippen LogP contribution is 2.25. The van der Waals surface area contributed by atoms with Gasteiger partial charge in [0.2, 0.25) is 5.91 Å². The van der Waals surface area contributed by atoms with E-state index >= 15 is 0 Å². The van der Waals surface area contributed by atoms with Gasteiger partial charge in [-0.05, 0) is 55.1 Å². The van der Waals surface area contributed by atoms with Crippen molar-refractivity contribution in [2.45, 2.75) is 25.4 Å². The number of nitrogens with one attached hydrogen (secondary N) is 1. The van der Waals surface area contributed by atoms with Crippen molar-refractivity contribution in [2.75, 3.05) is 11.1 Å². The molecular weight excluding hydrogens is 431 g/mol. The summed E-state index contributed by atoms with van der Waals surface area (Å²) in [6, 6.07) is 16.9. The molecule has 0 spiro atoms. The van der Waals surface area contributed by atoms with Gasteiger partial charge in [-0.15, -0.1) is 21.5 Å². The number of rotatable bonds is 7. The van der Waals surface area contributed by atoms with Crippen LogP contribution in [0.1, 0.15) is 21.8 Å². The average molecular weight is 453 g/mol. The molecule has 0 fully saturated rings. The van der Waals surface area contributed by atoms with Gasteiger partial charge in [-0.1, -0.05) is 41.6 Å². The molecule has 0 bridgehead atoms. The quantitative estimate of drug-likeness (QED) is 0.381. The van der Waals surface area contributed by atoms with Gasteiger partial charge in [-0.3, -0.25) is 9.36 Å². The van der Waals surface area contributed by atoms with Gasteiger partial charge in [-0.2, -0.15) is 0 Å². The number of amides is 1. The van der Waals surface area contributed by atoms with Gasteiger partial charge in [0.05, 0.1) is 5.75 Å². The van der Waals surface area contributed by atoms with E-state index in [0.29, 0.717) is 22.8 Å². The summed E-state index contributed by atoms with van der Waals surface area (Å²) in [7, 11) is 0. The summed E-state index contributed by atoms with van der Waals surface area (Å²) >= 11 is 2.97. The first-order chi connectivity index (χ1) is 15.0. The summed E-state index contributed by atoms with van der Waals surface area (Å²) in [5, 5.41) is 14.1. The van der Waals surface area contributed by atoms with E-state index in [9.17, 15) is 9.18 Å². The van der Waals surface area contributed by atoms with Crippen LogP contribution in [0.5, 0.6) is 0 Å². The minimum Gasteiger partial charge on any atom is -0.325 e. The number of carbonyl (C=O) groups is 1. The third-order valence-corrected chi connectivity index (χ3v) is 6.50. The summed E-state index contributed by atoms with van der Waals surface area (Å²) in [5.41, 5.74) is 3.09. The van der Waals surface area contributed by atoms with Crippen LogP contribution < -0.4 is 5.32 Å². The van der Waals surface area contributed by atoms with Crippen molar-refractivity contribution in [1.29, 1.82) is 0 Å². The molecule has 2 aromatic heterocycles. The number of thioether (sulfide) groups is 1. The van der Waals surface area contributed by atoms with Crippen molar-refractivity contribution in [3.63, 3.8) is 0 Å². The lowest BCUT2D eigenvalue weighted by molar-refractivity contribution is -0.113. The van der Waals surface area contributed by atoms with Gasteiger partial charge in [-0.25, -0.2) is 4.39 Å². The summed E-state index contributed by atoms with van der Waals surface area (Å²) in [6.07, 6.45) is 0.661. The number of anilines is 1. The predicted octanol–water partition coefficient (Wildman–Crippen LogP) is 5.41. The predicted molar refractivity (Wildman–Crippen MR) is 124 cm³/mol. The van der Waals surface area contributed by atoms with Gasteiger partial charge < -0.3 is 5.32 Å². The highest BCUT2D eigenvalue weighted by atomic mass is 32.2. The fourth-order valence-corrected chi connectivity index (χ4v) is 4.50. The summed E-state index contributed by atoms with van der Waals surface area (Å²) < 4.78 is 15.7. The Morgan fingerprint density at radius 1 is 1.13 bits per heavy atom. The molecule has 2 heterocycles. The van der Waals surface area contributed by atoms with Crippen LogP contribution in [0.15, 0.2) is 65.1 Å². The SMILES string of the molecule is Cc1ccc(-n2c(Cc3cccs3)nnc2SCC(=O)Nc2ccc(C)c(F)c2)cc1. The molecule has 4 aromatic rings. The van der Waals surface area contributed by atoms with Crippen LogP contribution in [0.25, 0.3) is 5.69 Å². The number of thiophene rings is 1. The number of carbonyl (C=O) groups excluding carboxylic acids is 1. The number of hydrogen-bond donors (Lipinski definition) is 1. The molecule has 0 aliphatic rings. The summed E-state index contributed by atoms with van der Waals surface area (Å²) in [6.45, 7) is 3.72. The minimum atomic E-state index is -0.345. The molecule has 0 atom stereocenters. The summed E-state index contributed by atoms with van der Waals surface area (Å²) in [4.78, 5) is 13.6. The standard InChI is InChI=1S/C23H21FN4OS2/c1-15-5-9-18(10-6-15)28-21(13-19-4-3-11-30-19)26-27-23(28)31-14-22(29)25-17-8-7-16(2)20(24)12-17/h3-12H,13-14H2,1-2H3,(H,25,29). The Morgan fingerprint density at radius 3 is 2.65 bits per heavy atom. The number of aryl methyl sites for hydroxylation is 2. The van der Waals surface area contributed by atoms with Crippen molar-refractivity contribution in [3.05, 3.63) is 87.6 Å². The number of benzene rings is 2. The lowest BCUT2D eigenvalue weighted by Crippen LogP contribution is -2.15. The van der Waals surface area contributed by atoms with E-state index < -0.39 is 0 Å². The van der Waals surface area contributed by atoms with Gasteiger partial charge in [0.15, 0.2) is 5.16 Å². The monoisotopic (exact) mass is 452 g/mol. The molecule has 0 unspecified atom stereocenters. The molecule has 0 aliphatic heterocycles. The highest BCUT2D eigenvalue weighted by molar-refractivity contribution is 7.99. The lowest BCUT2D eigenvalue weighted by atomic mass is 10.2. The Labute approximate surface area is 188 Å². The van der Waals surface area contributed by atoms with E-state index in [1.165, 1.54) is 22.7 Å². The fourth-order valence-electron chi connectivity index (χ4n) is 3.03. The summed E-state index contributed by atoms with van der Waals surface area (Å²) in [5.74, 6) is 0.377. The van der Waals surface area contributed by atoms with E-state index in [2.05, 4.69) is 21.6 Å². The molecule has 5 nitrogen and oxygen atoms in total. The van der Waals surface area contributed by atoms with Crippen LogP contribution >= 0.6 is 23.1 Å². The van der Waals surface area contributed by atoms with Crippen molar-refractivity contribution < 1.29 is 9.18 Å². The zero-order chi connectivity index (χ0) is 21.8. The minimum absolute atomic E-state index is 0.137. The number of aromatic nitrogens is 3. The molecule has 31 heavy (non-hydrogen) atoms. The number of nitrogens with zero attached hydrogens (tertiary/aromatic N) is 3. The van der Waals surface area contributed by atoms with E-state index in [1.54, 1.807) is 30.4 Å². The third-order valence-electron chi connectivity index (χ3n) is 4.69. The number of hydrogen-bond acceptors (Lipinski definition) is 5. The molecule has 1 amide bonds. The first-order valence-electron chi connectivity index (χ1n) is 9.72. The molecular formula is C23H21FN4OS2. The Kier molecular flexibility index (Phi) is 6.48. The molecule has 0 radical (unpaired) electrons. The van der Waals surface area contributed by atoms with Gasteiger partial charge in [0.1, 0.15) is 11.6 Å². The molecule has 0 saturated carbocycles. The second-order valence-electron chi connectivity index (χ2n) is 7.13. The van der Waals surface area contributed by atoms with Crippen LogP contribution in [0.3, 0.4) is 0 Å². The van der Waals surface area contributed by atoms with Crippen LogP contribution in [0.4, 0.5) is 10.1 Å². The van der Waals surface area contributed by atoms with E-state index in [1.807, 2.05) is 47.2 Å². The second-order valence-corrected chi connectivity index (χ2v) is 9.10. The zero-order valence-electron chi connectivity index (χ0n) is 17.1. The second kappa shape index (κ2) is 9.45. The first-order valence-corrected chi connectivity index (χ1v) is 11.6. The van der Waals surface area contributed by atoms with Crippen molar-refractivity contribution in [2.24, 2.45) is 0 Å². The van der Waals surface area contributed by atoms with E-state index in [-0.39, 0.29) is 17.5 Å². The Hall–Kier alpha value is -2.97. The Balaban J connectivity index is 1.53. The van der Waals surface area contributed by atoms with Crippen molar-refractivity contribution >= 4 is 34.7 Å².